The van der Waals surface area contributed by atoms with Crippen molar-refractivity contribution in [2.24, 2.45) is 5.73 Å². The molecule has 0 saturated carbocycles. The highest BCUT2D eigenvalue weighted by atomic mass is 16.6. The van der Waals surface area contributed by atoms with Gasteiger partial charge in [0.1, 0.15) is 6.10 Å². The van der Waals surface area contributed by atoms with Gasteiger partial charge in [0, 0.05) is 13.5 Å². The van der Waals surface area contributed by atoms with Gasteiger partial charge in [0.2, 0.25) is 0 Å². The number of ether oxygens (including phenoxy) is 2. The molecule has 0 rings (SSSR count). The SMILES string of the molecule is C=C(C(=O)OC)C(CN)OC(C)=O. The molecule has 0 fully saturated rings. The summed E-state index contributed by atoms with van der Waals surface area (Å²) in [6, 6.07) is 0. The van der Waals surface area contributed by atoms with Crippen LogP contribution in [0.3, 0.4) is 0 Å². The lowest BCUT2D eigenvalue weighted by atomic mass is 10.2. The molecular formula is C8H13NO4. The van der Waals surface area contributed by atoms with Gasteiger partial charge in [-0.15, -0.1) is 0 Å². The first-order chi connectivity index (χ1) is 6.02. The summed E-state index contributed by atoms with van der Waals surface area (Å²) in [4.78, 5) is 21.5. The maximum absolute atomic E-state index is 10.9. The fraction of sp³-hybridized carbons (Fsp3) is 0.500. The summed E-state index contributed by atoms with van der Waals surface area (Å²) in [5.74, 6) is -1.14. The first-order valence-electron chi connectivity index (χ1n) is 3.67. The standard InChI is InChI=1S/C8H13NO4/c1-5(8(11)12-3)7(4-9)13-6(2)10/h7H,1,4,9H2,2-3H3. The Bertz CT molecular complexity index is 224. The van der Waals surface area contributed by atoms with Crippen LogP contribution in [0.15, 0.2) is 12.2 Å². The molecule has 1 unspecified atom stereocenters. The van der Waals surface area contributed by atoms with E-state index in [0.717, 1.165) is 0 Å². The number of methoxy groups -OCH3 is 1. The minimum Gasteiger partial charge on any atom is -0.466 e. The summed E-state index contributed by atoms with van der Waals surface area (Å²) < 4.78 is 9.11. The molecule has 0 aromatic heterocycles. The van der Waals surface area contributed by atoms with Crippen LogP contribution < -0.4 is 5.73 Å². The smallest absolute Gasteiger partial charge is 0.336 e. The lowest BCUT2D eigenvalue weighted by molar-refractivity contribution is -0.146. The van der Waals surface area contributed by atoms with Crippen molar-refractivity contribution < 1.29 is 19.1 Å². The predicted molar refractivity (Wildman–Crippen MR) is 45.8 cm³/mol. The molecule has 0 aromatic carbocycles. The van der Waals surface area contributed by atoms with Crippen LogP contribution in [0.2, 0.25) is 0 Å². The highest BCUT2D eigenvalue weighted by molar-refractivity contribution is 5.89. The van der Waals surface area contributed by atoms with E-state index < -0.39 is 18.0 Å². The molecule has 0 aromatic rings. The summed E-state index contributed by atoms with van der Waals surface area (Å²) >= 11 is 0. The molecule has 5 nitrogen and oxygen atoms in total. The molecule has 2 N–H and O–H groups in total. The molecule has 0 aliphatic carbocycles. The van der Waals surface area contributed by atoms with Crippen LogP contribution in [-0.2, 0) is 19.1 Å². The summed E-state index contributed by atoms with van der Waals surface area (Å²) in [5.41, 5.74) is 5.31. The van der Waals surface area contributed by atoms with Crippen molar-refractivity contribution in [2.75, 3.05) is 13.7 Å². The van der Waals surface area contributed by atoms with Gasteiger partial charge in [0.25, 0.3) is 0 Å². The van der Waals surface area contributed by atoms with Crippen molar-refractivity contribution in [3.63, 3.8) is 0 Å². The van der Waals surface area contributed by atoms with Crippen molar-refractivity contribution in [2.45, 2.75) is 13.0 Å². The lowest BCUT2D eigenvalue weighted by Crippen LogP contribution is -2.31. The molecule has 1 atom stereocenters. The van der Waals surface area contributed by atoms with Crippen molar-refractivity contribution in [1.82, 2.24) is 0 Å². The fourth-order valence-electron chi connectivity index (χ4n) is 0.724. The zero-order chi connectivity index (χ0) is 10.4. The van der Waals surface area contributed by atoms with Crippen molar-refractivity contribution in [3.05, 3.63) is 12.2 Å². The minimum atomic E-state index is -0.801. The normalized spacial score (nSPS) is 11.6. The predicted octanol–water partition coefficient (Wildman–Crippen LogP) is -0.394. The third-order valence-corrected chi connectivity index (χ3v) is 1.36. The van der Waals surface area contributed by atoms with Crippen molar-refractivity contribution >= 4 is 11.9 Å². The molecular weight excluding hydrogens is 174 g/mol. The third kappa shape index (κ3) is 3.71. The minimum absolute atomic E-state index is 0.00745. The maximum atomic E-state index is 10.9. The Kier molecular flexibility index (Phi) is 4.76. The molecule has 74 valence electrons. The topological polar surface area (TPSA) is 78.6 Å². The average Bonchev–Trinajstić information content (AvgIpc) is 2.11. The largest absolute Gasteiger partial charge is 0.466 e. The maximum Gasteiger partial charge on any atom is 0.336 e. The van der Waals surface area contributed by atoms with Gasteiger partial charge in [-0.05, 0) is 0 Å². The van der Waals surface area contributed by atoms with E-state index in [1.165, 1.54) is 14.0 Å². The number of rotatable bonds is 4. The first kappa shape index (κ1) is 11.6. The van der Waals surface area contributed by atoms with Crippen LogP contribution in [0.1, 0.15) is 6.92 Å². The summed E-state index contributed by atoms with van der Waals surface area (Å²) in [6.07, 6.45) is -0.801. The van der Waals surface area contributed by atoms with E-state index >= 15 is 0 Å². The Morgan fingerprint density at radius 2 is 2.08 bits per heavy atom. The van der Waals surface area contributed by atoms with Gasteiger partial charge in [-0.3, -0.25) is 4.79 Å². The number of esters is 2. The lowest BCUT2D eigenvalue weighted by Gasteiger charge is -2.15. The highest BCUT2D eigenvalue weighted by Crippen LogP contribution is 2.05. The molecule has 0 bridgehead atoms. The van der Waals surface area contributed by atoms with Crippen LogP contribution in [0.4, 0.5) is 0 Å². The Hall–Kier alpha value is -1.36. The zero-order valence-corrected chi connectivity index (χ0v) is 7.70. The molecule has 5 heteroatoms. The Morgan fingerprint density at radius 3 is 2.38 bits per heavy atom. The van der Waals surface area contributed by atoms with Crippen LogP contribution in [0, 0.1) is 0 Å². The Balaban J connectivity index is 4.31. The van der Waals surface area contributed by atoms with E-state index in [2.05, 4.69) is 11.3 Å². The van der Waals surface area contributed by atoms with Crippen LogP contribution in [-0.4, -0.2) is 31.7 Å². The number of hydrogen-bond donors (Lipinski definition) is 1. The van der Waals surface area contributed by atoms with E-state index in [1.54, 1.807) is 0 Å². The molecule has 0 radical (unpaired) electrons. The summed E-state index contributed by atoms with van der Waals surface area (Å²) in [5, 5.41) is 0. The molecule has 0 aliphatic heterocycles. The summed E-state index contributed by atoms with van der Waals surface area (Å²) in [6.45, 7) is 4.65. The van der Waals surface area contributed by atoms with Crippen LogP contribution >= 0.6 is 0 Å². The van der Waals surface area contributed by atoms with Gasteiger partial charge in [-0.25, -0.2) is 4.79 Å². The fourth-order valence-corrected chi connectivity index (χ4v) is 0.724. The first-order valence-corrected chi connectivity index (χ1v) is 3.67. The average molecular weight is 187 g/mol. The van der Waals surface area contributed by atoms with Crippen molar-refractivity contribution in [1.29, 1.82) is 0 Å². The molecule has 0 heterocycles. The number of hydrogen-bond acceptors (Lipinski definition) is 5. The van der Waals surface area contributed by atoms with Gasteiger partial charge in [-0.2, -0.15) is 0 Å². The molecule has 0 amide bonds. The van der Waals surface area contributed by atoms with E-state index in [0.29, 0.717) is 0 Å². The van der Waals surface area contributed by atoms with Gasteiger partial charge < -0.3 is 15.2 Å². The van der Waals surface area contributed by atoms with E-state index in [-0.39, 0.29) is 12.1 Å². The van der Waals surface area contributed by atoms with E-state index in [9.17, 15) is 9.59 Å². The number of nitrogens with two attached hydrogens (primary N) is 1. The van der Waals surface area contributed by atoms with Gasteiger partial charge in [0.05, 0.1) is 12.7 Å². The number of carbonyl (C=O) groups excluding carboxylic acids is 2. The third-order valence-electron chi connectivity index (χ3n) is 1.36. The molecule has 0 saturated heterocycles. The van der Waals surface area contributed by atoms with Crippen molar-refractivity contribution in [3.8, 4) is 0 Å². The highest BCUT2D eigenvalue weighted by Gasteiger charge is 2.20. The van der Waals surface area contributed by atoms with Gasteiger partial charge in [-0.1, -0.05) is 6.58 Å². The van der Waals surface area contributed by atoms with Crippen LogP contribution in [0.25, 0.3) is 0 Å². The monoisotopic (exact) mass is 187 g/mol. The van der Waals surface area contributed by atoms with Gasteiger partial charge >= 0.3 is 11.9 Å². The van der Waals surface area contributed by atoms with E-state index in [1.807, 2.05) is 0 Å². The zero-order valence-electron chi connectivity index (χ0n) is 7.70. The quantitative estimate of drug-likeness (QED) is 0.479. The number of carbonyl (C=O) groups is 2. The second-order valence-electron chi connectivity index (χ2n) is 2.35. The van der Waals surface area contributed by atoms with E-state index in [4.69, 9.17) is 10.5 Å². The Morgan fingerprint density at radius 1 is 1.54 bits per heavy atom. The molecule has 0 aliphatic rings. The second kappa shape index (κ2) is 5.31. The second-order valence-corrected chi connectivity index (χ2v) is 2.35. The van der Waals surface area contributed by atoms with Gasteiger partial charge in [0.15, 0.2) is 0 Å². The Labute approximate surface area is 76.5 Å². The summed E-state index contributed by atoms with van der Waals surface area (Å²) in [7, 11) is 1.22. The molecule has 0 spiro atoms. The molecule has 13 heavy (non-hydrogen) atoms. The van der Waals surface area contributed by atoms with Crippen LogP contribution in [0.5, 0.6) is 0 Å².